The first kappa shape index (κ1) is 21.4. The molecule has 0 radical (unpaired) electrons. The Morgan fingerprint density at radius 2 is 1.53 bits per heavy atom. The van der Waals surface area contributed by atoms with Crippen LogP contribution < -0.4 is 26.5 Å². The molecule has 0 saturated carbocycles. The molecule has 0 aliphatic carbocycles. The van der Waals surface area contributed by atoms with Crippen molar-refractivity contribution in [2.75, 3.05) is 19.9 Å². The molecule has 0 bridgehead atoms. The smallest absolute Gasteiger partial charge is 0.231 e. The highest BCUT2D eigenvalue weighted by molar-refractivity contribution is 9.10. The molecular formula is C25H25Br2NO2. The molecule has 3 aromatic carbocycles. The van der Waals surface area contributed by atoms with Gasteiger partial charge in [-0.25, -0.2) is 0 Å². The van der Waals surface area contributed by atoms with Crippen molar-refractivity contribution in [3.8, 4) is 11.5 Å². The van der Waals surface area contributed by atoms with E-state index in [1.165, 1.54) is 22.3 Å². The van der Waals surface area contributed by atoms with Crippen LogP contribution in [0.4, 0.5) is 0 Å². The monoisotopic (exact) mass is 529 g/mol. The van der Waals surface area contributed by atoms with Crippen molar-refractivity contribution in [1.82, 2.24) is 0 Å². The molecule has 5 heteroatoms. The highest BCUT2D eigenvalue weighted by atomic mass is 79.9. The quantitative estimate of drug-likeness (QED) is 0.472. The maximum Gasteiger partial charge on any atom is 0.231 e. The van der Waals surface area contributed by atoms with Crippen LogP contribution >= 0.6 is 15.9 Å². The van der Waals surface area contributed by atoms with E-state index in [9.17, 15) is 0 Å². The average Bonchev–Trinajstić information content (AvgIpc) is 3.20. The van der Waals surface area contributed by atoms with Crippen LogP contribution in [0.25, 0.3) is 0 Å². The maximum atomic E-state index is 5.66. The van der Waals surface area contributed by atoms with E-state index in [0.29, 0.717) is 6.79 Å². The van der Waals surface area contributed by atoms with E-state index in [2.05, 4.69) is 82.7 Å². The number of nitrogens with zero attached hydrogens (tertiary/aromatic N) is 1. The minimum absolute atomic E-state index is 0. The topological polar surface area (TPSA) is 18.5 Å². The van der Waals surface area contributed by atoms with Crippen molar-refractivity contribution in [2.45, 2.75) is 25.9 Å². The molecule has 30 heavy (non-hydrogen) atoms. The third kappa shape index (κ3) is 4.58. The van der Waals surface area contributed by atoms with E-state index in [1.807, 2.05) is 0 Å². The van der Waals surface area contributed by atoms with Gasteiger partial charge in [0.25, 0.3) is 0 Å². The largest absolute Gasteiger partial charge is 1.00 e. The molecule has 3 nitrogen and oxygen atoms in total. The molecule has 0 amide bonds. The Labute approximate surface area is 197 Å². The van der Waals surface area contributed by atoms with Crippen molar-refractivity contribution >= 4 is 15.9 Å². The van der Waals surface area contributed by atoms with E-state index in [4.69, 9.17) is 9.47 Å². The van der Waals surface area contributed by atoms with Gasteiger partial charge in [-0.05, 0) is 35.4 Å². The molecule has 3 aromatic rings. The van der Waals surface area contributed by atoms with Gasteiger partial charge in [-0.1, -0.05) is 58.4 Å². The fourth-order valence-electron chi connectivity index (χ4n) is 4.60. The van der Waals surface area contributed by atoms with Crippen LogP contribution in [0.15, 0.2) is 71.2 Å². The van der Waals surface area contributed by atoms with Gasteiger partial charge < -0.3 is 30.9 Å². The number of benzene rings is 3. The summed E-state index contributed by atoms with van der Waals surface area (Å²) in [5.41, 5.74) is 5.63. The Hall–Kier alpha value is -1.82. The van der Waals surface area contributed by atoms with E-state index in [0.717, 1.165) is 59.5 Å². The Balaban J connectivity index is 0.00000218. The standard InChI is InChI=1S/C25H25BrNO2.BrH/c26-23-8-6-20(7-9-23)16-27(12-10-19-4-2-1-3-5-19)13-11-21-14-24-25(29-18-28-24)15-22(21)17-27;/h1-9,14-15H,10-13,16-18H2;1H/q+1;/p-1. The summed E-state index contributed by atoms with van der Waals surface area (Å²) in [5, 5.41) is 0. The first-order valence-corrected chi connectivity index (χ1v) is 11.0. The van der Waals surface area contributed by atoms with Crippen LogP contribution in [0.3, 0.4) is 0 Å². The van der Waals surface area contributed by atoms with Gasteiger partial charge in [-0.15, -0.1) is 0 Å². The maximum absolute atomic E-state index is 5.66. The summed E-state index contributed by atoms with van der Waals surface area (Å²) >= 11 is 3.56. The Morgan fingerprint density at radius 3 is 2.27 bits per heavy atom. The second-order valence-electron chi connectivity index (χ2n) is 8.19. The molecule has 1 unspecified atom stereocenters. The summed E-state index contributed by atoms with van der Waals surface area (Å²) in [4.78, 5) is 0. The van der Waals surface area contributed by atoms with E-state index < -0.39 is 0 Å². The molecule has 0 fully saturated rings. The minimum atomic E-state index is 0. The fourth-order valence-corrected chi connectivity index (χ4v) is 4.86. The van der Waals surface area contributed by atoms with Crippen molar-refractivity contribution < 1.29 is 30.9 Å². The SMILES string of the molecule is Brc1ccc(C[N+]2(CCc3ccccc3)CCc3cc4c(cc3C2)OCO4)cc1.[Br-]. The van der Waals surface area contributed by atoms with Gasteiger partial charge in [0, 0.05) is 28.4 Å². The zero-order chi connectivity index (χ0) is 19.7. The van der Waals surface area contributed by atoms with E-state index in [-0.39, 0.29) is 17.0 Å². The van der Waals surface area contributed by atoms with Gasteiger partial charge in [-0.3, -0.25) is 0 Å². The summed E-state index contributed by atoms with van der Waals surface area (Å²) in [5.74, 6) is 1.80. The van der Waals surface area contributed by atoms with Gasteiger partial charge in [0.1, 0.15) is 13.1 Å². The molecule has 2 aliphatic heterocycles. The molecule has 0 saturated heterocycles. The summed E-state index contributed by atoms with van der Waals surface area (Å²) in [6.45, 7) is 4.71. The van der Waals surface area contributed by atoms with Gasteiger partial charge in [-0.2, -0.15) is 0 Å². The van der Waals surface area contributed by atoms with Crippen LogP contribution in [0, 0.1) is 0 Å². The summed E-state index contributed by atoms with van der Waals surface area (Å²) < 4.78 is 13.5. The van der Waals surface area contributed by atoms with E-state index in [1.54, 1.807) is 0 Å². The van der Waals surface area contributed by atoms with Gasteiger partial charge in [0.15, 0.2) is 11.5 Å². The Kier molecular flexibility index (Phi) is 6.51. The average molecular weight is 531 g/mol. The number of hydrogen-bond donors (Lipinski definition) is 0. The highest BCUT2D eigenvalue weighted by Gasteiger charge is 2.34. The summed E-state index contributed by atoms with van der Waals surface area (Å²) in [6, 6.07) is 24.1. The lowest BCUT2D eigenvalue weighted by Gasteiger charge is -2.42. The molecule has 156 valence electrons. The molecule has 2 heterocycles. The highest BCUT2D eigenvalue weighted by Crippen LogP contribution is 2.39. The number of halogens is 2. The van der Waals surface area contributed by atoms with Crippen LogP contribution in [-0.2, 0) is 25.9 Å². The van der Waals surface area contributed by atoms with Crippen molar-refractivity contribution in [3.63, 3.8) is 0 Å². The van der Waals surface area contributed by atoms with Crippen molar-refractivity contribution in [1.29, 1.82) is 0 Å². The Bertz CT molecular complexity index is 1010. The molecule has 5 rings (SSSR count). The predicted molar refractivity (Wildman–Crippen MR) is 118 cm³/mol. The van der Waals surface area contributed by atoms with Crippen LogP contribution in [0.2, 0.25) is 0 Å². The number of rotatable bonds is 5. The third-order valence-corrected chi connectivity index (χ3v) is 6.73. The van der Waals surface area contributed by atoms with Crippen molar-refractivity contribution in [2.24, 2.45) is 0 Å². The Morgan fingerprint density at radius 1 is 0.833 bits per heavy atom. The second kappa shape index (κ2) is 9.13. The zero-order valence-corrected chi connectivity index (χ0v) is 20.0. The predicted octanol–water partition coefficient (Wildman–Crippen LogP) is 2.50. The molecule has 0 aromatic heterocycles. The van der Waals surface area contributed by atoms with E-state index >= 15 is 0 Å². The molecule has 2 aliphatic rings. The third-order valence-electron chi connectivity index (χ3n) is 6.20. The van der Waals surface area contributed by atoms with Gasteiger partial charge in [0.2, 0.25) is 6.79 Å². The summed E-state index contributed by atoms with van der Waals surface area (Å²) in [6.07, 6.45) is 2.18. The normalized spacial score (nSPS) is 19.1. The van der Waals surface area contributed by atoms with Crippen LogP contribution in [-0.4, -0.2) is 24.4 Å². The van der Waals surface area contributed by atoms with Crippen LogP contribution in [0.5, 0.6) is 11.5 Å². The lowest BCUT2D eigenvalue weighted by atomic mass is 9.95. The second-order valence-corrected chi connectivity index (χ2v) is 9.11. The van der Waals surface area contributed by atoms with Crippen LogP contribution in [0.1, 0.15) is 22.3 Å². The first-order valence-electron chi connectivity index (χ1n) is 10.2. The van der Waals surface area contributed by atoms with Crippen molar-refractivity contribution in [3.05, 3.63) is 93.5 Å². The zero-order valence-electron chi connectivity index (χ0n) is 16.8. The number of quaternary nitrogens is 1. The number of hydrogen-bond acceptors (Lipinski definition) is 2. The molecular weight excluding hydrogens is 506 g/mol. The first-order chi connectivity index (χ1) is 14.2. The fraction of sp³-hybridized carbons (Fsp3) is 0.280. The van der Waals surface area contributed by atoms with Gasteiger partial charge in [0.05, 0.1) is 13.1 Å². The number of ether oxygens (including phenoxy) is 2. The lowest BCUT2D eigenvalue weighted by Crippen LogP contribution is -3.00. The summed E-state index contributed by atoms with van der Waals surface area (Å²) in [7, 11) is 0. The number of fused-ring (bicyclic) bond motifs is 2. The minimum Gasteiger partial charge on any atom is -1.00 e. The van der Waals surface area contributed by atoms with Gasteiger partial charge >= 0.3 is 0 Å². The lowest BCUT2D eigenvalue weighted by molar-refractivity contribution is -0.955. The molecule has 1 atom stereocenters. The molecule has 0 spiro atoms. The molecule has 0 N–H and O–H groups in total.